The summed E-state index contributed by atoms with van der Waals surface area (Å²) in [6, 6.07) is 8.16. The zero-order chi connectivity index (χ0) is 19.7. The van der Waals surface area contributed by atoms with Crippen LogP contribution in [0.1, 0.15) is 46.1 Å². The fourth-order valence-electron chi connectivity index (χ4n) is 3.76. The Morgan fingerprint density at radius 1 is 1.25 bits per heavy atom. The summed E-state index contributed by atoms with van der Waals surface area (Å²) < 4.78 is 11.5. The van der Waals surface area contributed by atoms with Gasteiger partial charge in [0.05, 0.1) is 13.2 Å². The zero-order valence-electron chi connectivity index (χ0n) is 18.1. The second-order valence-corrected chi connectivity index (χ2v) is 8.27. The lowest BCUT2D eigenvalue weighted by Crippen LogP contribution is -2.43. The normalized spacial score (nSPS) is 20.2. The molecule has 0 amide bonds. The van der Waals surface area contributed by atoms with Crippen LogP contribution in [0.15, 0.2) is 29.3 Å². The van der Waals surface area contributed by atoms with Crippen molar-refractivity contribution in [2.75, 3.05) is 33.4 Å². The van der Waals surface area contributed by atoms with E-state index in [1.165, 1.54) is 12.0 Å². The summed E-state index contributed by atoms with van der Waals surface area (Å²) in [5.41, 5.74) is 1.35. The maximum absolute atomic E-state index is 6.09. The van der Waals surface area contributed by atoms with E-state index in [2.05, 4.69) is 44.4 Å². The van der Waals surface area contributed by atoms with Crippen molar-refractivity contribution < 1.29 is 9.47 Å². The largest absolute Gasteiger partial charge is 0.496 e. The topological polar surface area (TPSA) is 54.9 Å². The molecule has 1 aromatic rings. The zero-order valence-corrected chi connectivity index (χ0v) is 20.4. The number of ether oxygens (including phenoxy) is 2. The van der Waals surface area contributed by atoms with Crippen molar-refractivity contribution in [3.05, 3.63) is 29.8 Å². The molecule has 2 atom stereocenters. The van der Waals surface area contributed by atoms with Gasteiger partial charge < -0.3 is 20.1 Å². The first-order chi connectivity index (χ1) is 13.0. The highest BCUT2D eigenvalue weighted by Crippen LogP contribution is 2.34. The van der Waals surface area contributed by atoms with Gasteiger partial charge >= 0.3 is 0 Å². The molecule has 0 saturated carbocycles. The number of nitrogens with one attached hydrogen (secondary N) is 2. The van der Waals surface area contributed by atoms with Gasteiger partial charge in [-0.1, -0.05) is 39.0 Å². The monoisotopic (exact) mass is 503 g/mol. The van der Waals surface area contributed by atoms with Crippen molar-refractivity contribution in [1.82, 2.24) is 10.6 Å². The first kappa shape index (κ1) is 25.0. The van der Waals surface area contributed by atoms with E-state index in [-0.39, 0.29) is 35.5 Å². The van der Waals surface area contributed by atoms with Gasteiger partial charge in [-0.15, -0.1) is 24.0 Å². The first-order valence-electron chi connectivity index (χ1n) is 10.2. The van der Waals surface area contributed by atoms with Crippen molar-refractivity contribution in [2.24, 2.45) is 16.3 Å². The number of guanidine groups is 1. The first-order valence-corrected chi connectivity index (χ1v) is 10.2. The molecule has 0 radical (unpaired) electrons. The van der Waals surface area contributed by atoms with Crippen molar-refractivity contribution in [3.63, 3.8) is 0 Å². The molecule has 6 heteroatoms. The average molecular weight is 503 g/mol. The third kappa shape index (κ3) is 7.78. The van der Waals surface area contributed by atoms with Crippen LogP contribution in [-0.4, -0.2) is 45.4 Å². The van der Waals surface area contributed by atoms with Crippen molar-refractivity contribution in [1.29, 1.82) is 0 Å². The van der Waals surface area contributed by atoms with Crippen LogP contribution in [0, 0.1) is 11.3 Å². The summed E-state index contributed by atoms with van der Waals surface area (Å²) in [5.74, 6) is 2.29. The molecule has 0 aliphatic carbocycles. The van der Waals surface area contributed by atoms with E-state index in [1.807, 2.05) is 18.2 Å². The Balaban J connectivity index is 0.00000392. The molecule has 2 unspecified atom stereocenters. The molecule has 1 saturated heterocycles. The summed E-state index contributed by atoms with van der Waals surface area (Å²) in [5, 5.41) is 6.81. The van der Waals surface area contributed by atoms with E-state index in [1.54, 1.807) is 7.11 Å². The fourth-order valence-corrected chi connectivity index (χ4v) is 3.76. The maximum atomic E-state index is 6.09. The minimum atomic E-state index is 0. The predicted octanol–water partition coefficient (Wildman–Crippen LogP) is 4.25. The van der Waals surface area contributed by atoms with Gasteiger partial charge in [0.1, 0.15) is 5.75 Å². The molecule has 5 nitrogen and oxygen atoms in total. The molecule has 0 spiro atoms. The number of rotatable bonds is 7. The minimum absolute atomic E-state index is 0. The van der Waals surface area contributed by atoms with Gasteiger partial charge in [0.15, 0.2) is 5.96 Å². The molecule has 1 fully saturated rings. The third-order valence-electron chi connectivity index (χ3n) is 5.01. The average Bonchev–Trinajstić information content (AvgIpc) is 2.66. The van der Waals surface area contributed by atoms with Gasteiger partial charge in [0, 0.05) is 32.2 Å². The molecular formula is C22H38IN3O2. The summed E-state index contributed by atoms with van der Waals surface area (Å²) in [6.45, 7) is 12.2. The molecule has 0 aromatic heterocycles. The van der Waals surface area contributed by atoms with Crippen LogP contribution in [0.2, 0.25) is 0 Å². The Morgan fingerprint density at radius 3 is 2.68 bits per heavy atom. The highest BCUT2D eigenvalue weighted by atomic mass is 127. The van der Waals surface area contributed by atoms with Crippen molar-refractivity contribution >= 4 is 29.9 Å². The SMILES string of the molecule is CCNC(=NCC1CCCOC1C(C)(C)C)NCCc1ccccc1OC.I. The van der Waals surface area contributed by atoms with Crippen LogP contribution in [0.25, 0.3) is 0 Å². The van der Waals surface area contributed by atoms with Gasteiger partial charge in [-0.3, -0.25) is 4.99 Å². The molecule has 28 heavy (non-hydrogen) atoms. The van der Waals surface area contributed by atoms with Gasteiger partial charge in [0.2, 0.25) is 0 Å². The number of halogens is 1. The molecule has 0 bridgehead atoms. The summed E-state index contributed by atoms with van der Waals surface area (Å²) in [4.78, 5) is 4.86. The van der Waals surface area contributed by atoms with E-state index in [0.29, 0.717) is 5.92 Å². The second kappa shape index (κ2) is 12.5. The molecular weight excluding hydrogens is 465 g/mol. The van der Waals surface area contributed by atoms with E-state index >= 15 is 0 Å². The molecule has 160 valence electrons. The highest BCUT2D eigenvalue weighted by Gasteiger charge is 2.35. The van der Waals surface area contributed by atoms with Crippen molar-refractivity contribution in [2.45, 2.75) is 53.1 Å². The summed E-state index contributed by atoms with van der Waals surface area (Å²) in [6.07, 6.45) is 3.48. The van der Waals surface area contributed by atoms with E-state index in [4.69, 9.17) is 14.5 Å². The Labute approximate surface area is 188 Å². The lowest BCUT2D eigenvalue weighted by molar-refractivity contribution is -0.0823. The fraction of sp³-hybridized carbons (Fsp3) is 0.682. The summed E-state index contributed by atoms with van der Waals surface area (Å²) >= 11 is 0. The number of methoxy groups -OCH3 is 1. The number of para-hydroxylation sites is 1. The van der Waals surface area contributed by atoms with Crippen LogP contribution in [0.4, 0.5) is 0 Å². The quantitative estimate of drug-likeness (QED) is 0.332. The van der Waals surface area contributed by atoms with Crippen LogP contribution < -0.4 is 15.4 Å². The van der Waals surface area contributed by atoms with E-state index in [9.17, 15) is 0 Å². The van der Waals surface area contributed by atoms with E-state index < -0.39 is 0 Å². The predicted molar refractivity (Wildman–Crippen MR) is 128 cm³/mol. The molecule has 1 heterocycles. The van der Waals surface area contributed by atoms with E-state index in [0.717, 1.165) is 50.8 Å². The highest BCUT2D eigenvalue weighted by molar-refractivity contribution is 14.0. The molecule has 2 rings (SSSR count). The number of hydrogen-bond donors (Lipinski definition) is 2. The third-order valence-corrected chi connectivity index (χ3v) is 5.01. The Bertz CT molecular complexity index is 602. The van der Waals surface area contributed by atoms with Crippen molar-refractivity contribution in [3.8, 4) is 5.75 Å². The maximum Gasteiger partial charge on any atom is 0.191 e. The van der Waals surface area contributed by atoms with Gasteiger partial charge in [-0.25, -0.2) is 0 Å². The van der Waals surface area contributed by atoms with Gasteiger partial charge in [-0.05, 0) is 43.2 Å². The lowest BCUT2D eigenvalue weighted by Gasteiger charge is -2.39. The van der Waals surface area contributed by atoms with Gasteiger partial charge in [0.25, 0.3) is 0 Å². The standard InChI is InChI=1S/C22H37N3O2.HI/c1-6-23-21(24-14-13-17-10-7-8-12-19(17)26-5)25-16-18-11-9-15-27-20(18)22(2,3)4;/h7-8,10,12,18,20H,6,9,11,13-16H2,1-5H3,(H2,23,24,25);1H. The minimum Gasteiger partial charge on any atom is -0.496 e. The molecule has 2 N–H and O–H groups in total. The number of nitrogens with zero attached hydrogens (tertiary/aromatic N) is 1. The summed E-state index contributed by atoms with van der Waals surface area (Å²) in [7, 11) is 1.72. The molecule has 1 aromatic carbocycles. The Kier molecular flexibility index (Phi) is 11.2. The lowest BCUT2D eigenvalue weighted by atomic mass is 9.78. The van der Waals surface area contributed by atoms with Crippen LogP contribution >= 0.6 is 24.0 Å². The number of hydrogen-bond acceptors (Lipinski definition) is 3. The smallest absolute Gasteiger partial charge is 0.191 e. The van der Waals surface area contributed by atoms with Crippen LogP contribution in [0.3, 0.4) is 0 Å². The number of aliphatic imine (C=N–C) groups is 1. The molecule has 1 aliphatic rings. The molecule has 1 aliphatic heterocycles. The van der Waals surface area contributed by atoms with Crippen LogP contribution in [-0.2, 0) is 11.2 Å². The Morgan fingerprint density at radius 2 is 2.00 bits per heavy atom. The number of benzene rings is 1. The van der Waals surface area contributed by atoms with Gasteiger partial charge in [-0.2, -0.15) is 0 Å². The second-order valence-electron chi connectivity index (χ2n) is 8.27. The van der Waals surface area contributed by atoms with Crippen LogP contribution in [0.5, 0.6) is 5.75 Å². The Hall–Kier alpha value is -1.02.